The fraction of sp³-hybridized carbons (Fsp3) is 0.706. The molecule has 1 rings (SSSR count). The SMILES string of the molecule is CCCCCCCCCC(Cl)Cc1ccc(C)cn1. The van der Waals surface area contributed by atoms with E-state index in [1.165, 1.54) is 50.5 Å². The quantitative estimate of drug-likeness (QED) is 0.397. The molecule has 0 spiro atoms. The highest BCUT2D eigenvalue weighted by Crippen LogP contribution is 2.15. The van der Waals surface area contributed by atoms with Crippen LogP contribution in [0.5, 0.6) is 0 Å². The van der Waals surface area contributed by atoms with Gasteiger partial charge in [0.2, 0.25) is 0 Å². The molecule has 0 saturated heterocycles. The van der Waals surface area contributed by atoms with Gasteiger partial charge >= 0.3 is 0 Å². The van der Waals surface area contributed by atoms with Crippen LogP contribution in [0.1, 0.15) is 69.5 Å². The monoisotopic (exact) mass is 281 g/mol. The Labute approximate surface area is 123 Å². The van der Waals surface area contributed by atoms with Gasteiger partial charge in [-0.25, -0.2) is 0 Å². The van der Waals surface area contributed by atoms with Gasteiger partial charge in [-0.2, -0.15) is 0 Å². The van der Waals surface area contributed by atoms with Crippen LogP contribution in [0.3, 0.4) is 0 Å². The van der Waals surface area contributed by atoms with Gasteiger partial charge in [0, 0.05) is 23.7 Å². The highest BCUT2D eigenvalue weighted by atomic mass is 35.5. The van der Waals surface area contributed by atoms with Gasteiger partial charge in [-0.3, -0.25) is 4.98 Å². The second-order valence-electron chi connectivity index (χ2n) is 5.54. The average molecular weight is 282 g/mol. The molecule has 0 saturated carbocycles. The molecule has 0 aliphatic carbocycles. The van der Waals surface area contributed by atoms with E-state index >= 15 is 0 Å². The number of hydrogen-bond donors (Lipinski definition) is 0. The largest absolute Gasteiger partial charge is 0.261 e. The van der Waals surface area contributed by atoms with Gasteiger partial charge < -0.3 is 0 Å². The summed E-state index contributed by atoms with van der Waals surface area (Å²) >= 11 is 6.38. The summed E-state index contributed by atoms with van der Waals surface area (Å²) in [5, 5.41) is 0.242. The lowest BCUT2D eigenvalue weighted by Gasteiger charge is -2.09. The molecule has 1 nitrogen and oxygen atoms in total. The topological polar surface area (TPSA) is 12.9 Å². The molecular formula is C17H28ClN. The van der Waals surface area contributed by atoms with E-state index in [9.17, 15) is 0 Å². The lowest BCUT2D eigenvalue weighted by molar-refractivity contribution is 0.566. The van der Waals surface area contributed by atoms with Crippen molar-refractivity contribution in [3.8, 4) is 0 Å². The van der Waals surface area contributed by atoms with Crippen LogP contribution in [-0.2, 0) is 6.42 Å². The molecule has 2 heteroatoms. The lowest BCUT2D eigenvalue weighted by Crippen LogP contribution is -2.05. The number of alkyl halides is 1. The fourth-order valence-electron chi connectivity index (χ4n) is 2.27. The van der Waals surface area contributed by atoms with Gasteiger partial charge in [0.05, 0.1) is 0 Å². The van der Waals surface area contributed by atoms with Gasteiger partial charge in [0.15, 0.2) is 0 Å². The third-order valence-corrected chi connectivity index (χ3v) is 3.90. The Kier molecular flexibility index (Phi) is 8.90. The van der Waals surface area contributed by atoms with Gasteiger partial charge in [-0.05, 0) is 25.0 Å². The van der Waals surface area contributed by atoms with Crippen LogP contribution in [0.4, 0.5) is 0 Å². The molecule has 0 radical (unpaired) electrons. The Hall–Kier alpha value is -0.560. The molecule has 1 unspecified atom stereocenters. The van der Waals surface area contributed by atoms with Crippen molar-refractivity contribution in [1.29, 1.82) is 0 Å². The molecule has 0 aliphatic rings. The molecule has 0 fully saturated rings. The first-order valence-electron chi connectivity index (χ1n) is 7.78. The minimum absolute atomic E-state index is 0.242. The summed E-state index contributed by atoms with van der Waals surface area (Å²) in [6.07, 6.45) is 13.4. The zero-order valence-electron chi connectivity index (χ0n) is 12.5. The summed E-state index contributed by atoms with van der Waals surface area (Å²) in [5.41, 5.74) is 2.33. The molecule has 1 aromatic heterocycles. The molecule has 0 aliphatic heterocycles. The minimum Gasteiger partial charge on any atom is -0.261 e. The molecule has 19 heavy (non-hydrogen) atoms. The molecule has 1 atom stereocenters. The second kappa shape index (κ2) is 10.3. The number of pyridine rings is 1. The predicted molar refractivity (Wildman–Crippen MR) is 84.9 cm³/mol. The van der Waals surface area contributed by atoms with Gasteiger partial charge in [-0.1, -0.05) is 57.9 Å². The Balaban J connectivity index is 2.04. The number of hydrogen-bond acceptors (Lipinski definition) is 1. The highest BCUT2D eigenvalue weighted by Gasteiger charge is 2.06. The first-order valence-corrected chi connectivity index (χ1v) is 8.21. The summed E-state index contributed by atoms with van der Waals surface area (Å²) in [5.74, 6) is 0. The maximum atomic E-state index is 6.38. The van der Waals surface area contributed by atoms with Crippen molar-refractivity contribution in [3.05, 3.63) is 29.6 Å². The highest BCUT2D eigenvalue weighted by molar-refractivity contribution is 6.20. The predicted octanol–water partition coefficient (Wildman–Crippen LogP) is 5.68. The van der Waals surface area contributed by atoms with E-state index in [-0.39, 0.29) is 5.38 Å². The van der Waals surface area contributed by atoms with Crippen molar-refractivity contribution >= 4 is 11.6 Å². The second-order valence-corrected chi connectivity index (χ2v) is 6.16. The van der Waals surface area contributed by atoms with E-state index in [0.717, 1.165) is 18.5 Å². The van der Waals surface area contributed by atoms with Crippen LogP contribution < -0.4 is 0 Å². The third kappa shape index (κ3) is 8.26. The summed E-state index contributed by atoms with van der Waals surface area (Å²) in [7, 11) is 0. The van der Waals surface area contributed by atoms with Crippen molar-refractivity contribution in [2.75, 3.05) is 0 Å². The van der Waals surface area contributed by atoms with Crippen LogP contribution in [0, 0.1) is 6.92 Å². The van der Waals surface area contributed by atoms with E-state index < -0.39 is 0 Å². The Morgan fingerprint density at radius 1 is 1.05 bits per heavy atom. The van der Waals surface area contributed by atoms with E-state index in [2.05, 4.69) is 31.0 Å². The number of rotatable bonds is 10. The molecule has 0 aromatic carbocycles. The molecule has 1 heterocycles. The molecule has 108 valence electrons. The van der Waals surface area contributed by atoms with Crippen molar-refractivity contribution < 1.29 is 0 Å². The maximum absolute atomic E-state index is 6.38. The van der Waals surface area contributed by atoms with Gasteiger partial charge in [-0.15, -0.1) is 11.6 Å². The van der Waals surface area contributed by atoms with E-state index in [1.54, 1.807) is 0 Å². The molecular weight excluding hydrogens is 254 g/mol. The zero-order valence-corrected chi connectivity index (χ0v) is 13.3. The molecule has 0 amide bonds. The summed E-state index contributed by atoms with van der Waals surface area (Å²) in [6, 6.07) is 4.20. The lowest BCUT2D eigenvalue weighted by atomic mass is 10.1. The Bertz CT molecular complexity index is 321. The van der Waals surface area contributed by atoms with Crippen LogP contribution in [0.15, 0.2) is 18.3 Å². The molecule has 0 N–H and O–H groups in total. The van der Waals surface area contributed by atoms with E-state index in [0.29, 0.717) is 0 Å². The number of halogens is 1. The van der Waals surface area contributed by atoms with Crippen molar-refractivity contribution in [2.45, 2.75) is 77.0 Å². The first kappa shape index (κ1) is 16.5. The van der Waals surface area contributed by atoms with Crippen LogP contribution >= 0.6 is 11.6 Å². The van der Waals surface area contributed by atoms with E-state index in [1.807, 2.05) is 6.20 Å². The molecule has 1 aromatic rings. The van der Waals surface area contributed by atoms with Crippen LogP contribution in [-0.4, -0.2) is 10.4 Å². The average Bonchev–Trinajstić information content (AvgIpc) is 2.40. The van der Waals surface area contributed by atoms with Crippen LogP contribution in [0.2, 0.25) is 0 Å². The summed E-state index contributed by atoms with van der Waals surface area (Å²) in [4.78, 5) is 4.41. The summed E-state index contributed by atoms with van der Waals surface area (Å²) < 4.78 is 0. The number of nitrogens with zero attached hydrogens (tertiary/aromatic N) is 1. The normalized spacial score (nSPS) is 12.6. The van der Waals surface area contributed by atoms with Crippen molar-refractivity contribution in [2.24, 2.45) is 0 Å². The maximum Gasteiger partial charge on any atom is 0.0418 e. The number of unbranched alkanes of at least 4 members (excludes halogenated alkanes) is 6. The van der Waals surface area contributed by atoms with Crippen LogP contribution in [0.25, 0.3) is 0 Å². The first-order chi connectivity index (χ1) is 9.22. The summed E-state index contributed by atoms with van der Waals surface area (Å²) in [6.45, 7) is 4.32. The van der Waals surface area contributed by atoms with Gasteiger partial charge in [0.1, 0.15) is 0 Å². The Morgan fingerprint density at radius 3 is 2.37 bits per heavy atom. The third-order valence-electron chi connectivity index (χ3n) is 3.52. The van der Waals surface area contributed by atoms with Gasteiger partial charge in [0.25, 0.3) is 0 Å². The standard InChI is InChI=1S/C17H28ClN/c1-3-4-5-6-7-8-9-10-16(18)13-17-12-11-15(2)14-19-17/h11-12,14,16H,3-10,13H2,1-2H3. The number of aromatic nitrogens is 1. The molecule has 0 bridgehead atoms. The minimum atomic E-state index is 0.242. The van der Waals surface area contributed by atoms with Crippen molar-refractivity contribution in [1.82, 2.24) is 4.98 Å². The van der Waals surface area contributed by atoms with E-state index in [4.69, 9.17) is 11.6 Å². The smallest absolute Gasteiger partial charge is 0.0418 e. The number of aryl methyl sites for hydroxylation is 1. The van der Waals surface area contributed by atoms with Crippen molar-refractivity contribution in [3.63, 3.8) is 0 Å². The fourth-order valence-corrected chi connectivity index (χ4v) is 2.58. The zero-order chi connectivity index (χ0) is 13.9. The Morgan fingerprint density at radius 2 is 1.74 bits per heavy atom.